The average Bonchev–Trinajstić information content (AvgIpc) is 3.10. The maximum atomic E-state index is 14.4. The fourth-order valence-electron chi connectivity index (χ4n) is 6.41. The van der Waals surface area contributed by atoms with Crippen LogP contribution in [0.15, 0.2) is 48.6 Å². The molecule has 2 fully saturated rings. The van der Waals surface area contributed by atoms with Crippen molar-refractivity contribution in [3.8, 4) is 0 Å². The zero-order chi connectivity index (χ0) is 26.0. The third kappa shape index (κ3) is 3.56. The molecule has 2 saturated heterocycles. The van der Waals surface area contributed by atoms with E-state index in [-0.39, 0.29) is 30.2 Å². The molecule has 1 aromatic carbocycles. The second kappa shape index (κ2) is 8.92. The number of aliphatic hydroxyl groups is 1. The number of hydrogen-bond donors (Lipinski definition) is 1. The molecular formula is C27H32ClN3O4S. The zero-order valence-electron chi connectivity index (χ0n) is 20.9. The second-order valence-electron chi connectivity index (χ2n) is 10.7. The van der Waals surface area contributed by atoms with Crippen LogP contribution < -0.4 is 4.90 Å². The maximum absolute atomic E-state index is 14.4. The quantitative estimate of drug-likeness (QED) is 0.606. The molecule has 0 bridgehead atoms. The summed E-state index contributed by atoms with van der Waals surface area (Å²) in [6.07, 6.45) is 7.96. The summed E-state index contributed by atoms with van der Waals surface area (Å²) in [6, 6.07) is 5.66. The van der Waals surface area contributed by atoms with Crippen molar-refractivity contribution < 1.29 is 19.5 Å². The standard InChI is InChI=1S/C27H32ClN3O4S/c1-16(2)19(15-32)31-22-25(35)30(18-9-7-17(28)8-10-18)14-6-12-27(22)21(24(31)34)20-23(33)29(4)13-5-11-26(20,3)36-27/h5-12,16,19-22,32H,13-15H2,1-4H3/t19-,20-,21-,22?,26+,27-/m0/s1. The lowest BCUT2D eigenvalue weighted by Crippen LogP contribution is -2.58. The Balaban J connectivity index is 1.69. The molecule has 6 atom stereocenters. The number of carbonyl (C=O) groups excluding carboxylic acids is 3. The van der Waals surface area contributed by atoms with Crippen molar-refractivity contribution in [1.82, 2.24) is 9.80 Å². The highest BCUT2D eigenvalue weighted by molar-refractivity contribution is 8.02. The third-order valence-electron chi connectivity index (χ3n) is 8.15. The van der Waals surface area contributed by atoms with E-state index in [0.29, 0.717) is 23.8 Å². The molecule has 5 rings (SSSR count). The number of likely N-dealkylation sites (N-methyl/N-ethyl adjacent to an activating group) is 1. The molecule has 192 valence electrons. The van der Waals surface area contributed by atoms with Crippen molar-refractivity contribution in [2.45, 2.75) is 42.3 Å². The van der Waals surface area contributed by atoms with Crippen LogP contribution in [0.4, 0.5) is 5.69 Å². The maximum Gasteiger partial charge on any atom is 0.251 e. The van der Waals surface area contributed by atoms with Gasteiger partial charge in [0.1, 0.15) is 6.04 Å². The van der Waals surface area contributed by atoms with E-state index in [0.717, 1.165) is 0 Å². The highest BCUT2D eigenvalue weighted by atomic mass is 35.5. The molecule has 1 spiro atoms. The van der Waals surface area contributed by atoms with Gasteiger partial charge in [-0.3, -0.25) is 14.4 Å². The largest absolute Gasteiger partial charge is 0.394 e. The third-order valence-corrected chi connectivity index (χ3v) is 10.2. The van der Waals surface area contributed by atoms with E-state index in [2.05, 4.69) is 0 Å². The summed E-state index contributed by atoms with van der Waals surface area (Å²) in [5, 5.41) is 10.9. The lowest BCUT2D eigenvalue weighted by Gasteiger charge is -2.41. The Morgan fingerprint density at radius 3 is 2.33 bits per heavy atom. The van der Waals surface area contributed by atoms with E-state index in [1.165, 1.54) is 0 Å². The summed E-state index contributed by atoms with van der Waals surface area (Å²) in [5.41, 5.74) is 0.686. The highest BCUT2D eigenvalue weighted by Crippen LogP contribution is 2.66. The van der Waals surface area contributed by atoms with Crippen LogP contribution in [0.1, 0.15) is 20.8 Å². The van der Waals surface area contributed by atoms with E-state index in [1.807, 2.05) is 45.1 Å². The number of anilines is 1. The van der Waals surface area contributed by atoms with Crippen LogP contribution in [0.25, 0.3) is 0 Å². The fourth-order valence-corrected chi connectivity index (χ4v) is 8.68. The number of aliphatic hydroxyl groups excluding tert-OH is 1. The van der Waals surface area contributed by atoms with Crippen LogP contribution in [0.5, 0.6) is 0 Å². The number of amides is 3. The Morgan fingerprint density at radius 1 is 1.03 bits per heavy atom. The van der Waals surface area contributed by atoms with Crippen molar-refractivity contribution in [3.05, 3.63) is 53.6 Å². The zero-order valence-corrected chi connectivity index (χ0v) is 22.5. The molecule has 0 aromatic heterocycles. The first-order valence-corrected chi connectivity index (χ1v) is 13.6. The minimum absolute atomic E-state index is 0.0809. The van der Waals surface area contributed by atoms with Crippen molar-refractivity contribution in [1.29, 1.82) is 0 Å². The summed E-state index contributed by atoms with van der Waals surface area (Å²) < 4.78 is -1.58. The predicted molar refractivity (Wildman–Crippen MR) is 142 cm³/mol. The van der Waals surface area contributed by atoms with Gasteiger partial charge in [0.05, 0.1) is 29.2 Å². The number of carbonyl (C=O) groups is 3. The van der Waals surface area contributed by atoms with Crippen LogP contribution in [-0.4, -0.2) is 80.9 Å². The number of halogens is 1. The Kier molecular flexibility index (Phi) is 6.29. The van der Waals surface area contributed by atoms with Gasteiger partial charge in [-0.2, -0.15) is 0 Å². The van der Waals surface area contributed by atoms with Crippen LogP contribution in [0, 0.1) is 17.8 Å². The van der Waals surface area contributed by atoms with Crippen molar-refractivity contribution >= 4 is 46.8 Å². The van der Waals surface area contributed by atoms with Crippen LogP contribution in [-0.2, 0) is 14.4 Å². The summed E-state index contributed by atoms with van der Waals surface area (Å²) in [6.45, 7) is 6.44. The van der Waals surface area contributed by atoms with Gasteiger partial charge in [0.2, 0.25) is 11.8 Å². The number of rotatable bonds is 4. The van der Waals surface area contributed by atoms with Gasteiger partial charge in [-0.05, 0) is 37.1 Å². The summed E-state index contributed by atoms with van der Waals surface area (Å²) in [7, 11) is 1.75. The lowest BCUT2D eigenvalue weighted by molar-refractivity contribution is -0.145. The summed E-state index contributed by atoms with van der Waals surface area (Å²) in [5.74, 6) is -1.94. The fraction of sp³-hybridized carbons (Fsp3) is 0.519. The van der Waals surface area contributed by atoms with Gasteiger partial charge in [-0.15, -0.1) is 11.8 Å². The molecule has 0 aliphatic carbocycles. The number of thioether (sulfide) groups is 1. The first kappa shape index (κ1) is 25.4. The first-order valence-electron chi connectivity index (χ1n) is 12.4. The van der Waals surface area contributed by atoms with E-state index in [4.69, 9.17) is 11.6 Å². The molecule has 3 amide bonds. The number of benzene rings is 1. The molecule has 36 heavy (non-hydrogen) atoms. The molecule has 1 N–H and O–H groups in total. The van der Waals surface area contributed by atoms with Gasteiger partial charge in [0.25, 0.3) is 5.91 Å². The normalized spacial score (nSPS) is 34.6. The molecular weight excluding hydrogens is 498 g/mol. The first-order chi connectivity index (χ1) is 17.1. The monoisotopic (exact) mass is 529 g/mol. The number of likely N-dealkylation sites (tertiary alicyclic amines) is 1. The molecule has 4 aliphatic heterocycles. The average molecular weight is 530 g/mol. The Bertz CT molecular complexity index is 1150. The van der Waals surface area contributed by atoms with E-state index < -0.39 is 33.4 Å². The van der Waals surface area contributed by atoms with Gasteiger partial charge < -0.3 is 19.8 Å². The van der Waals surface area contributed by atoms with Gasteiger partial charge in [-0.25, -0.2) is 0 Å². The minimum Gasteiger partial charge on any atom is -0.394 e. The van der Waals surface area contributed by atoms with Gasteiger partial charge in [0.15, 0.2) is 0 Å². The SMILES string of the molecule is CC(C)[C@H](CO)N1C(=O)[C@@H]2[C@H]3C(=O)N(C)CC=C[C@@]3(C)S[C@@]23C=CCN(c2ccc(Cl)cc2)C(=O)C13. The van der Waals surface area contributed by atoms with Crippen molar-refractivity contribution in [2.75, 3.05) is 31.6 Å². The van der Waals surface area contributed by atoms with Crippen LogP contribution in [0.2, 0.25) is 5.02 Å². The highest BCUT2D eigenvalue weighted by Gasteiger charge is 2.74. The number of nitrogens with zero attached hydrogens (tertiary/aromatic N) is 3. The number of hydrogen-bond acceptors (Lipinski definition) is 5. The van der Waals surface area contributed by atoms with Crippen LogP contribution >= 0.6 is 23.4 Å². The minimum atomic E-state index is -0.935. The van der Waals surface area contributed by atoms with Gasteiger partial charge in [0, 0.05) is 35.6 Å². The molecule has 9 heteroatoms. The lowest BCUT2D eigenvalue weighted by atomic mass is 9.74. The Labute approximate surface area is 221 Å². The molecule has 7 nitrogen and oxygen atoms in total. The molecule has 1 aromatic rings. The molecule has 4 aliphatic rings. The molecule has 4 heterocycles. The van der Waals surface area contributed by atoms with E-state index >= 15 is 0 Å². The van der Waals surface area contributed by atoms with Gasteiger partial charge >= 0.3 is 0 Å². The van der Waals surface area contributed by atoms with E-state index in [1.54, 1.807) is 57.8 Å². The second-order valence-corrected chi connectivity index (χ2v) is 12.9. The smallest absolute Gasteiger partial charge is 0.251 e. The van der Waals surface area contributed by atoms with Crippen molar-refractivity contribution in [3.63, 3.8) is 0 Å². The summed E-state index contributed by atoms with van der Waals surface area (Å²) in [4.78, 5) is 47.4. The predicted octanol–water partition coefficient (Wildman–Crippen LogP) is 2.98. The van der Waals surface area contributed by atoms with Crippen molar-refractivity contribution in [2.24, 2.45) is 17.8 Å². The summed E-state index contributed by atoms with van der Waals surface area (Å²) >= 11 is 7.65. The molecule has 0 saturated carbocycles. The topological polar surface area (TPSA) is 81.2 Å². The molecule has 1 unspecified atom stereocenters. The number of fused-ring (bicyclic) bond motifs is 2. The Hall–Kier alpha value is -2.29. The van der Waals surface area contributed by atoms with Gasteiger partial charge in [-0.1, -0.05) is 49.8 Å². The molecule has 0 radical (unpaired) electrons. The van der Waals surface area contributed by atoms with E-state index in [9.17, 15) is 19.5 Å². The van der Waals surface area contributed by atoms with Crippen LogP contribution in [0.3, 0.4) is 0 Å². The Morgan fingerprint density at radius 2 is 1.69 bits per heavy atom.